The zero-order valence-corrected chi connectivity index (χ0v) is 33.8. The van der Waals surface area contributed by atoms with E-state index in [0.717, 1.165) is 55.2 Å². The molecule has 261 valence electrons. The summed E-state index contributed by atoms with van der Waals surface area (Å²) in [4.78, 5) is 22.9. The SMILES string of the molecule is CC(C)(C)c1cc(-c2nccc3sc4c(c23)-c2ccncc2CC4)[c-]c2ccccc12.CCC(C)(CC)C(=O)/C=C(\O)C(C)(CC)CC.[Ir]. The van der Waals surface area contributed by atoms with E-state index in [0.29, 0.717) is 0 Å². The van der Waals surface area contributed by atoms with Crippen molar-refractivity contribution in [1.29, 1.82) is 0 Å². The summed E-state index contributed by atoms with van der Waals surface area (Å²) < 4.78 is 1.30. The van der Waals surface area contributed by atoms with Crippen LogP contribution >= 0.6 is 11.3 Å². The molecule has 6 heteroatoms. The maximum absolute atomic E-state index is 12.2. The third-order valence-electron chi connectivity index (χ3n) is 10.9. The molecule has 1 radical (unpaired) electrons. The Balaban J connectivity index is 0.000000260. The molecule has 0 aliphatic heterocycles. The molecule has 0 fully saturated rings. The van der Waals surface area contributed by atoms with Crippen molar-refractivity contribution >= 4 is 38.0 Å². The maximum Gasteiger partial charge on any atom is 0.164 e. The number of rotatable bonds is 8. The van der Waals surface area contributed by atoms with Crippen molar-refractivity contribution in [2.45, 2.75) is 106 Å². The number of ketones is 1. The molecule has 4 nitrogen and oxygen atoms in total. The van der Waals surface area contributed by atoms with Crippen LogP contribution in [0.15, 0.2) is 72.9 Å². The number of hydrogen-bond acceptors (Lipinski definition) is 5. The van der Waals surface area contributed by atoms with Crippen molar-refractivity contribution in [3.63, 3.8) is 0 Å². The van der Waals surface area contributed by atoms with Gasteiger partial charge in [-0.05, 0) is 78.1 Å². The van der Waals surface area contributed by atoms with Crippen molar-refractivity contribution in [1.82, 2.24) is 9.97 Å². The van der Waals surface area contributed by atoms with Gasteiger partial charge in [0.05, 0.1) is 0 Å². The summed E-state index contributed by atoms with van der Waals surface area (Å²) in [5.41, 5.74) is 6.89. The molecular weight excluding hydrogens is 801 g/mol. The molecule has 3 heterocycles. The number of aromatic nitrogens is 2. The van der Waals surface area contributed by atoms with Gasteiger partial charge in [-0.3, -0.25) is 14.8 Å². The molecule has 2 aromatic carbocycles. The molecule has 0 atom stereocenters. The number of allylic oxidation sites excluding steroid dienone is 2. The van der Waals surface area contributed by atoms with E-state index in [1.807, 2.05) is 71.5 Å². The van der Waals surface area contributed by atoms with Crippen LogP contribution in [0.1, 0.15) is 104 Å². The summed E-state index contributed by atoms with van der Waals surface area (Å²) in [7, 11) is 0. The van der Waals surface area contributed by atoms with Crippen molar-refractivity contribution in [2.75, 3.05) is 0 Å². The number of hydrogen-bond donors (Lipinski definition) is 1. The molecule has 49 heavy (non-hydrogen) atoms. The van der Waals surface area contributed by atoms with Crippen LogP contribution in [0.2, 0.25) is 0 Å². The summed E-state index contributed by atoms with van der Waals surface area (Å²) in [6.07, 6.45) is 12.8. The second-order valence-electron chi connectivity index (χ2n) is 14.8. The van der Waals surface area contributed by atoms with Crippen LogP contribution in [0, 0.1) is 16.9 Å². The largest absolute Gasteiger partial charge is 0.512 e. The molecule has 0 saturated heterocycles. The first kappa shape index (κ1) is 38.6. The number of nitrogens with zero attached hydrogens (tertiary/aromatic N) is 2. The molecule has 1 N–H and O–H groups in total. The molecule has 0 bridgehead atoms. The molecule has 0 unspecified atom stereocenters. The van der Waals surface area contributed by atoms with E-state index in [4.69, 9.17) is 4.98 Å². The monoisotopic (exact) mass is 852 g/mol. The van der Waals surface area contributed by atoms with Crippen LogP contribution in [0.3, 0.4) is 0 Å². The molecular formula is C43H51IrN2O2S-. The molecule has 1 aliphatic rings. The van der Waals surface area contributed by atoms with E-state index in [1.165, 1.54) is 48.7 Å². The van der Waals surface area contributed by atoms with Crippen LogP contribution < -0.4 is 0 Å². The van der Waals surface area contributed by atoms with Crippen LogP contribution in [-0.4, -0.2) is 20.9 Å². The summed E-state index contributed by atoms with van der Waals surface area (Å²) in [6, 6.07) is 18.9. The molecule has 0 spiro atoms. The number of fused-ring (bicyclic) bond motifs is 6. The number of aliphatic hydroxyl groups excluding tert-OH is 1. The van der Waals surface area contributed by atoms with Crippen LogP contribution in [0.4, 0.5) is 0 Å². The number of carbonyl (C=O) groups is 1. The normalized spacial score (nSPS) is 13.3. The summed E-state index contributed by atoms with van der Waals surface area (Å²) in [5.74, 6) is 0.286. The van der Waals surface area contributed by atoms with Gasteiger partial charge in [-0.15, -0.1) is 40.5 Å². The standard InChI is InChI=1S/C28H23N2S.C15H28O2.Ir/c1-28(2,3)22-15-19(14-17-6-4-5-7-20(17)22)27-26-24(11-13-30-27)31-23-9-8-18-16-29-12-10-21(18)25(23)26;1-7-14(5,8-2)12(16)11-13(17)15(6,9-3)10-4;/h4-7,10-13,15-16H,8-9H2,1-3H3;11,16H,7-10H2,1-6H3;/q-1;;/b;12-11-;. The second-order valence-corrected chi connectivity index (χ2v) is 15.9. The Morgan fingerprint density at radius 1 is 0.918 bits per heavy atom. The molecule has 3 aromatic heterocycles. The number of aliphatic hydroxyl groups is 1. The maximum atomic E-state index is 12.2. The zero-order chi connectivity index (χ0) is 34.9. The Bertz CT molecular complexity index is 1980. The fourth-order valence-corrected chi connectivity index (χ4v) is 7.75. The molecule has 0 saturated carbocycles. The number of aryl methyl sites for hydroxylation is 2. The first-order chi connectivity index (χ1) is 22.8. The quantitative estimate of drug-likeness (QED) is 0.0960. The first-order valence-corrected chi connectivity index (χ1v) is 18.4. The number of carbonyl (C=O) groups excluding carboxylic acids is 1. The van der Waals surface area contributed by atoms with Gasteiger partial charge in [-0.1, -0.05) is 91.5 Å². The van der Waals surface area contributed by atoms with E-state index >= 15 is 0 Å². The minimum atomic E-state index is -0.337. The molecule has 0 amide bonds. The summed E-state index contributed by atoms with van der Waals surface area (Å²) >= 11 is 1.91. The average molecular weight is 852 g/mol. The minimum absolute atomic E-state index is 0. The third kappa shape index (κ3) is 7.62. The van der Waals surface area contributed by atoms with Gasteiger partial charge in [-0.2, -0.15) is 0 Å². The number of benzene rings is 2. The molecule has 1 aliphatic carbocycles. The van der Waals surface area contributed by atoms with Crippen LogP contribution in [0.5, 0.6) is 0 Å². The van der Waals surface area contributed by atoms with Gasteiger partial charge in [-0.25, -0.2) is 0 Å². The van der Waals surface area contributed by atoms with Crippen molar-refractivity contribution in [3.05, 3.63) is 95.0 Å². The van der Waals surface area contributed by atoms with E-state index in [9.17, 15) is 9.90 Å². The van der Waals surface area contributed by atoms with Crippen LogP contribution in [-0.2, 0) is 43.2 Å². The van der Waals surface area contributed by atoms with Gasteiger partial charge >= 0.3 is 0 Å². The summed E-state index contributed by atoms with van der Waals surface area (Å²) in [6.45, 7) is 18.9. The minimum Gasteiger partial charge on any atom is -0.512 e. The van der Waals surface area contributed by atoms with Crippen molar-refractivity contribution < 1.29 is 30.0 Å². The van der Waals surface area contributed by atoms with Gasteiger partial charge in [0.1, 0.15) is 5.76 Å². The fourth-order valence-electron chi connectivity index (χ4n) is 6.54. The van der Waals surface area contributed by atoms with Gasteiger partial charge in [0.15, 0.2) is 5.78 Å². The fraction of sp³-hybridized carbons (Fsp3) is 0.419. The van der Waals surface area contributed by atoms with Gasteiger partial charge < -0.3 is 5.11 Å². The predicted molar refractivity (Wildman–Crippen MR) is 204 cm³/mol. The first-order valence-electron chi connectivity index (χ1n) is 17.5. The van der Waals surface area contributed by atoms with E-state index in [2.05, 4.69) is 74.3 Å². The van der Waals surface area contributed by atoms with E-state index < -0.39 is 0 Å². The number of pyridine rings is 2. The van der Waals surface area contributed by atoms with Gasteiger partial charge in [0.25, 0.3) is 0 Å². The van der Waals surface area contributed by atoms with Crippen molar-refractivity contribution in [3.8, 4) is 22.4 Å². The third-order valence-corrected chi connectivity index (χ3v) is 12.1. The van der Waals surface area contributed by atoms with E-state index in [-0.39, 0.29) is 47.9 Å². The second kappa shape index (κ2) is 15.4. The van der Waals surface area contributed by atoms with Crippen LogP contribution in [0.25, 0.3) is 43.2 Å². The predicted octanol–water partition coefficient (Wildman–Crippen LogP) is 12.0. The zero-order valence-electron chi connectivity index (χ0n) is 30.6. The summed E-state index contributed by atoms with van der Waals surface area (Å²) in [5, 5.41) is 13.8. The average Bonchev–Trinajstić information content (AvgIpc) is 3.49. The topological polar surface area (TPSA) is 63.1 Å². The van der Waals surface area contributed by atoms with E-state index in [1.54, 1.807) is 0 Å². The number of thiophene rings is 1. The van der Waals surface area contributed by atoms with Gasteiger partial charge in [0, 0.05) is 70.9 Å². The Hall–Kier alpha value is -3.18. The molecule has 5 aromatic rings. The smallest absolute Gasteiger partial charge is 0.164 e. The Kier molecular flexibility index (Phi) is 12.1. The Morgan fingerprint density at radius 3 is 2.24 bits per heavy atom. The van der Waals surface area contributed by atoms with Crippen molar-refractivity contribution in [2.24, 2.45) is 10.8 Å². The Morgan fingerprint density at radius 2 is 1.59 bits per heavy atom. The Labute approximate surface area is 310 Å². The molecule has 6 rings (SSSR count). The van der Waals surface area contributed by atoms with Gasteiger partial charge in [0.2, 0.25) is 0 Å².